The molecule has 0 unspecified atom stereocenters. The summed E-state index contributed by atoms with van der Waals surface area (Å²) in [5, 5.41) is 0. The van der Waals surface area contributed by atoms with Crippen molar-refractivity contribution >= 4 is 17.3 Å². The summed E-state index contributed by atoms with van der Waals surface area (Å²) in [5.74, 6) is 0.313. The van der Waals surface area contributed by atoms with Gasteiger partial charge in [-0.05, 0) is 30.3 Å². The van der Waals surface area contributed by atoms with Crippen LogP contribution in [0.2, 0.25) is 0 Å². The van der Waals surface area contributed by atoms with Crippen molar-refractivity contribution in [2.45, 2.75) is 6.54 Å². The van der Waals surface area contributed by atoms with E-state index >= 15 is 0 Å². The highest BCUT2D eigenvalue weighted by atomic mass is 16.3. The number of furan rings is 1. The molecule has 1 aromatic carbocycles. The van der Waals surface area contributed by atoms with Crippen molar-refractivity contribution in [3.63, 3.8) is 0 Å². The van der Waals surface area contributed by atoms with Crippen LogP contribution in [0.25, 0.3) is 0 Å². The second-order valence-electron chi connectivity index (χ2n) is 4.08. The third-order valence-corrected chi connectivity index (χ3v) is 2.67. The maximum atomic E-state index is 11.4. The average Bonchev–Trinajstić information content (AvgIpc) is 2.81. The number of nitrogen functional groups attached to an aromatic ring is 1. The van der Waals surface area contributed by atoms with Gasteiger partial charge < -0.3 is 20.8 Å². The van der Waals surface area contributed by atoms with Crippen LogP contribution >= 0.6 is 0 Å². The molecule has 0 saturated carbocycles. The molecule has 0 radical (unpaired) electrons. The van der Waals surface area contributed by atoms with Gasteiger partial charge in [-0.2, -0.15) is 0 Å². The van der Waals surface area contributed by atoms with E-state index in [0.717, 1.165) is 11.4 Å². The summed E-state index contributed by atoms with van der Waals surface area (Å²) in [4.78, 5) is 13.3. The number of carbonyl (C=O) groups is 1. The zero-order valence-electron chi connectivity index (χ0n) is 10.1. The first-order chi connectivity index (χ1) is 8.58. The maximum absolute atomic E-state index is 11.4. The summed E-state index contributed by atoms with van der Waals surface area (Å²) in [6.07, 6.45) is 1.61. The van der Waals surface area contributed by atoms with E-state index in [0.29, 0.717) is 17.8 Å². The fourth-order valence-electron chi connectivity index (χ4n) is 1.81. The number of carbonyl (C=O) groups excluding carboxylic acids is 1. The third kappa shape index (κ3) is 2.45. The summed E-state index contributed by atoms with van der Waals surface area (Å²) in [7, 11) is 1.86. The number of hydrogen-bond acceptors (Lipinski definition) is 4. The van der Waals surface area contributed by atoms with Crippen molar-refractivity contribution in [3.8, 4) is 0 Å². The molecule has 0 aliphatic heterocycles. The molecule has 0 fully saturated rings. The Kier molecular flexibility index (Phi) is 3.23. The number of anilines is 2. The zero-order chi connectivity index (χ0) is 13.1. The molecule has 0 spiro atoms. The highest BCUT2D eigenvalue weighted by molar-refractivity contribution is 5.99. The zero-order valence-corrected chi connectivity index (χ0v) is 10.1. The smallest absolute Gasteiger partial charge is 0.250 e. The Balaban J connectivity index is 2.29. The minimum atomic E-state index is -0.497. The third-order valence-electron chi connectivity index (χ3n) is 2.67. The minimum absolute atomic E-state index is 0.407. The molecule has 5 heteroatoms. The van der Waals surface area contributed by atoms with Gasteiger partial charge >= 0.3 is 0 Å². The normalized spacial score (nSPS) is 10.3. The van der Waals surface area contributed by atoms with Crippen molar-refractivity contribution in [3.05, 3.63) is 47.9 Å². The van der Waals surface area contributed by atoms with E-state index in [1.54, 1.807) is 24.5 Å². The van der Waals surface area contributed by atoms with E-state index in [1.807, 2.05) is 24.1 Å². The topological polar surface area (TPSA) is 85.5 Å². The van der Waals surface area contributed by atoms with Gasteiger partial charge in [-0.1, -0.05) is 0 Å². The van der Waals surface area contributed by atoms with E-state index in [1.165, 1.54) is 0 Å². The number of amides is 1. The van der Waals surface area contributed by atoms with Gasteiger partial charge in [0, 0.05) is 18.4 Å². The fraction of sp³-hybridized carbons (Fsp3) is 0.154. The monoisotopic (exact) mass is 245 g/mol. The minimum Gasteiger partial charge on any atom is -0.467 e. The molecular formula is C13H15N3O2. The second kappa shape index (κ2) is 4.83. The standard InChI is InChI=1S/C13H15N3O2/c1-16(8-10-3-2-6-18-10)12-5-4-9(14)7-11(12)13(15)17/h2-7H,8,14H2,1H3,(H2,15,17). The second-order valence-corrected chi connectivity index (χ2v) is 4.08. The molecule has 2 aromatic rings. The predicted molar refractivity (Wildman–Crippen MR) is 70.2 cm³/mol. The molecule has 2 rings (SSSR count). The summed E-state index contributed by atoms with van der Waals surface area (Å²) in [6, 6.07) is 8.79. The van der Waals surface area contributed by atoms with Crippen molar-refractivity contribution in [1.82, 2.24) is 0 Å². The molecule has 0 saturated heterocycles. The highest BCUT2D eigenvalue weighted by Gasteiger charge is 2.13. The molecule has 1 heterocycles. The van der Waals surface area contributed by atoms with Gasteiger partial charge in [0.25, 0.3) is 5.91 Å². The summed E-state index contributed by atoms with van der Waals surface area (Å²) < 4.78 is 5.27. The molecule has 0 aliphatic carbocycles. The Morgan fingerprint density at radius 1 is 1.39 bits per heavy atom. The predicted octanol–water partition coefficient (Wildman–Crippen LogP) is 1.60. The van der Waals surface area contributed by atoms with Gasteiger partial charge in [0.1, 0.15) is 5.76 Å². The van der Waals surface area contributed by atoms with Crippen molar-refractivity contribution in [2.24, 2.45) is 5.73 Å². The number of nitrogens with zero attached hydrogens (tertiary/aromatic N) is 1. The van der Waals surface area contributed by atoms with Gasteiger partial charge in [-0.25, -0.2) is 0 Å². The number of nitrogens with two attached hydrogens (primary N) is 2. The van der Waals surface area contributed by atoms with Gasteiger partial charge in [0.15, 0.2) is 0 Å². The highest BCUT2D eigenvalue weighted by Crippen LogP contribution is 2.23. The first-order valence-electron chi connectivity index (χ1n) is 5.51. The van der Waals surface area contributed by atoms with E-state index in [9.17, 15) is 4.79 Å². The van der Waals surface area contributed by atoms with E-state index < -0.39 is 5.91 Å². The van der Waals surface area contributed by atoms with Crippen LogP contribution in [0.4, 0.5) is 11.4 Å². The first kappa shape index (κ1) is 12.0. The first-order valence-corrected chi connectivity index (χ1v) is 5.51. The van der Waals surface area contributed by atoms with Crippen LogP contribution in [0.15, 0.2) is 41.0 Å². The molecule has 1 amide bonds. The van der Waals surface area contributed by atoms with E-state index in [-0.39, 0.29) is 0 Å². The van der Waals surface area contributed by atoms with Crippen LogP contribution in [0.3, 0.4) is 0 Å². The fourth-order valence-corrected chi connectivity index (χ4v) is 1.81. The average molecular weight is 245 g/mol. The Labute approximate surface area is 105 Å². The van der Waals surface area contributed by atoms with Crippen molar-refractivity contribution in [2.75, 3.05) is 17.7 Å². The molecule has 0 atom stereocenters. The number of primary amides is 1. The van der Waals surface area contributed by atoms with Crippen LogP contribution in [0.1, 0.15) is 16.1 Å². The van der Waals surface area contributed by atoms with Gasteiger partial charge in [0.2, 0.25) is 0 Å². The van der Waals surface area contributed by atoms with Crippen LogP contribution in [0, 0.1) is 0 Å². The van der Waals surface area contributed by atoms with Crippen LogP contribution < -0.4 is 16.4 Å². The molecule has 4 N–H and O–H groups in total. The van der Waals surface area contributed by atoms with E-state index in [2.05, 4.69) is 0 Å². The van der Waals surface area contributed by atoms with E-state index in [4.69, 9.17) is 15.9 Å². The molecule has 0 aliphatic rings. The van der Waals surface area contributed by atoms with Crippen molar-refractivity contribution in [1.29, 1.82) is 0 Å². The largest absolute Gasteiger partial charge is 0.467 e. The maximum Gasteiger partial charge on any atom is 0.250 e. The molecule has 18 heavy (non-hydrogen) atoms. The molecule has 1 aromatic heterocycles. The summed E-state index contributed by atoms with van der Waals surface area (Å²) in [5.41, 5.74) is 12.7. The molecular weight excluding hydrogens is 230 g/mol. The Bertz CT molecular complexity index is 549. The lowest BCUT2D eigenvalue weighted by Crippen LogP contribution is -2.22. The van der Waals surface area contributed by atoms with Gasteiger partial charge in [0.05, 0.1) is 18.4 Å². The van der Waals surface area contributed by atoms with Crippen LogP contribution in [0.5, 0.6) is 0 Å². The van der Waals surface area contributed by atoms with Gasteiger partial charge in [-0.3, -0.25) is 4.79 Å². The van der Waals surface area contributed by atoms with Gasteiger partial charge in [-0.15, -0.1) is 0 Å². The number of hydrogen-bond donors (Lipinski definition) is 2. The van der Waals surface area contributed by atoms with Crippen molar-refractivity contribution < 1.29 is 9.21 Å². The lowest BCUT2D eigenvalue weighted by molar-refractivity contribution is 0.100. The lowest BCUT2D eigenvalue weighted by atomic mass is 10.1. The number of benzene rings is 1. The lowest BCUT2D eigenvalue weighted by Gasteiger charge is -2.20. The SMILES string of the molecule is CN(Cc1ccco1)c1ccc(N)cc1C(N)=O. The Hall–Kier alpha value is -2.43. The summed E-state index contributed by atoms with van der Waals surface area (Å²) >= 11 is 0. The van der Waals surface area contributed by atoms with Crippen LogP contribution in [-0.2, 0) is 6.54 Å². The Morgan fingerprint density at radius 3 is 2.78 bits per heavy atom. The quantitative estimate of drug-likeness (QED) is 0.801. The number of rotatable bonds is 4. The Morgan fingerprint density at radius 2 is 2.17 bits per heavy atom. The molecule has 0 bridgehead atoms. The molecule has 94 valence electrons. The molecule has 5 nitrogen and oxygen atoms in total. The summed E-state index contributed by atoms with van der Waals surface area (Å²) in [6.45, 7) is 0.553. The van der Waals surface area contributed by atoms with Crippen LogP contribution in [-0.4, -0.2) is 13.0 Å².